The summed E-state index contributed by atoms with van der Waals surface area (Å²) in [5, 5.41) is 4.27. The van der Waals surface area contributed by atoms with Gasteiger partial charge in [-0.25, -0.2) is 0 Å². The Morgan fingerprint density at radius 3 is 2.83 bits per heavy atom. The molecule has 2 rings (SSSR count). The van der Waals surface area contributed by atoms with Gasteiger partial charge in [0.1, 0.15) is 0 Å². The van der Waals surface area contributed by atoms with Crippen LogP contribution < -0.4 is 5.73 Å². The van der Waals surface area contributed by atoms with Crippen LogP contribution in [0.4, 0.5) is 0 Å². The zero-order valence-corrected chi connectivity index (χ0v) is 11.4. The van der Waals surface area contributed by atoms with Crippen LogP contribution in [0.25, 0.3) is 0 Å². The first-order chi connectivity index (χ1) is 8.54. The molecular formula is C13H22N4O. The fraction of sp³-hybridized carbons (Fsp3) is 0.692. The van der Waals surface area contributed by atoms with Crippen LogP contribution in [0, 0.1) is 6.92 Å². The van der Waals surface area contributed by atoms with E-state index in [2.05, 4.69) is 12.0 Å². The highest BCUT2D eigenvalue weighted by Gasteiger charge is 2.32. The van der Waals surface area contributed by atoms with Crippen LogP contribution in [0.5, 0.6) is 0 Å². The first-order valence-corrected chi connectivity index (χ1v) is 6.58. The number of carbonyl (C=O) groups excluding carboxylic acids is 1. The molecule has 5 heteroatoms. The number of likely N-dealkylation sites (tertiary alicyclic amines) is 1. The molecule has 0 aromatic carbocycles. The molecular weight excluding hydrogens is 228 g/mol. The van der Waals surface area contributed by atoms with Gasteiger partial charge in [0.2, 0.25) is 0 Å². The third-order valence-corrected chi connectivity index (χ3v) is 3.87. The van der Waals surface area contributed by atoms with Gasteiger partial charge >= 0.3 is 0 Å². The van der Waals surface area contributed by atoms with Gasteiger partial charge in [-0.15, -0.1) is 0 Å². The van der Waals surface area contributed by atoms with Gasteiger partial charge in [0.15, 0.2) is 5.69 Å². The molecule has 2 atom stereocenters. The molecule has 0 spiro atoms. The Morgan fingerprint density at radius 2 is 2.28 bits per heavy atom. The Morgan fingerprint density at radius 1 is 1.56 bits per heavy atom. The highest BCUT2D eigenvalue weighted by Crippen LogP contribution is 2.24. The summed E-state index contributed by atoms with van der Waals surface area (Å²) in [4.78, 5) is 14.5. The van der Waals surface area contributed by atoms with Gasteiger partial charge in [-0.05, 0) is 39.2 Å². The molecule has 1 amide bonds. The van der Waals surface area contributed by atoms with Crippen LogP contribution in [0.3, 0.4) is 0 Å². The monoisotopic (exact) mass is 250 g/mol. The van der Waals surface area contributed by atoms with E-state index in [1.54, 1.807) is 4.68 Å². The molecule has 100 valence electrons. The van der Waals surface area contributed by atoms with Gasteiger partial charge in [0.05, 0.1) is 0 Å². The SMILES string of the molecule is Cc1cc(C(=O)N2C(C)CCCC2CN)nn1C. The van der Waals surface area contributed by atoms with Gasteiger partial charge in [-0.1, -0.05) is 0 Å². The van der Waals surface area contributed by atoms with Crippen LogP contribution in [0.1, 0.15) is 42.4 Å². The van der Waals surface area contributed by atoms with E-state index in [9.17, 15) is 4.79 Å². The Kier molecular flexibility index (Phi) is 3.71. The van der Waals surface area contributed by atoms with Crippen molar-refractivity contribution in [3.05, 3.63) is 17.5 Å². The summed E-state index contributed by atoms with van der Waals surface area (Å²) in [6.45, 7) is 4.57. The smallest absolute Gasteiger partial charge is 0.274 e. The molecule has 0 saturated carbocycles. The van der Waals surface area contributed by atoms with Crippen molar-refractivity contribution in [2.24, 2.45) is 12.8 Å². The lowest BCUT2D eigenvalue weighted by atomic mass is 9.96. The molecule has 1 fully saturated rings. The number of amides is 1. The second kappa shape index (κ2) is 5.10. The largest absolute Gasteiger partial charge is 0.330 e. The number of aryl methyl sites for hydroxylation is 2. The molecule has 1 aromatic heterocycles. The highest BCUT2D eigenvalue weighted by atomic mass is 16.2. The Balaban J connectivity index is 2.25. The van der Waals surface area contributed by atoms with Gasteiger partial charge in [0, 0.05) is 31.4 Å². The number of carbonyl (C=O) groups is 1. The zero-order chi connectivity index (χ0) is 13.3. The number of rotatable bonds is 2. The van der Waals surface area contributed by atoms with Crippen molar-refractivity contribution < 1.29 is 4.79 Å². The molecule has 2 unspecified atom stereocenters. The summed E-state index contributed by atoms with van der Waals surface area (Å²) < 4.78 is 1.74. The summed E-state index contributed by atoms with van der Waals surface area (Å²) in [6, 6.07) is 2.25. The van der Waals surface area contributed by atoms with E-state index in [4.69, 9.17) is 5.73 Å². The van der Waals surface area contributed by atoms with Gasteiger partial charge in [-0.3, -0.25) is 9.48 Å². The fourth-order valence-electron chi connectivity index (χ4n) is 2.68. The molecule has 2 N–H and O–H groups in total. The van der Waals surface area contributed by atoms with E-state index in [1.165, 1.54) is 0 Å². The number of aromatic nitrogens is 2. The quantitative estimate of drug-likeness (QED) is 0.854. The van der Waals surface area contributed by atoms with Gasteiger partial charge < -0.3 is 10.6 Å². The maximum atomic E-state index is 12.5. The number of hydrogen-bond acceptors (Lipinski definition) is 3. The predicted molar refractivity (Wildman–Crippen MR) is 70.3 cm³/mol. The molecule has 1 aliphatic heterocycles. The van der Waals surface area contributed by atoms with Crippen LogP contribution in [0.2, 0.25) is 0 Å². The van der Waals surface area contributed by atoms with Gasteiger partial charge in [0.25, 0.3) is 5.91 Å². The van der Waals surface area contributed by atoms with Crippen LogP contribution >= 0.6 is 0 Å². The average molecular weight is 250 g/mol. The second-order valence-electron chi connectivity index (χ2n) is 5.18. The Labute approximate surface area is 108 Å². The Bertz CT molecular complexity index is 421. The molecule has 1 aromatic rings. The maximum Gasteiger partial charge on any atom is 0.274 e. The molecule has 0 aliphatic carbocycles. The van der Waals surface area contributed by atoms with Crippen molar-refractivity contribution in [3.63, 3.8) is 0 Å². The van der Waals surface area contributed by atoms with E-state index in [0.29, 0.717) is 12.2 Å². The van der Waals surface area contributed by atoms with Crippen LogP contribution in [0.15, 0.2) is 6.07 Å². The summed E-state index contributed by atoms with van der Waals surface area (Å²) in [6.07, 6.45) is 3.19. The molecule has 1 aliphatic rings. The van der Waals surface area contributed by atoms with Crippen molar-refractivity contribution >= 4 is 5.91 Å². The van der Waals surface area contributed by atoms with Crippen molar-refractivity contribution in [3.8, 4) is 0 Å². The minimum Gasteiger partial charge on any atom is -0.330 e. The summed E-state index contributed by atoms with van der Waals surface area (Å²) in [5.74, 6) is 0.0151. The lowest BCUT2D eigenvalue weighted by molar-refractivity contribution is 0.0487. The van der Waals surface area contributed by atoms with Crippen molar-refractivity contribution in [1.82, 2.24) is 14.7 Å². The van der Waals surface area contributed by atoms with E-state index >= 15 is 0 Å². The van der Waals surface area contributed by atoms with E-state index < -0.39 is 0 Å². The third kappa shape index (κ3) is 2.27. The molecule has 1 saturated heterocycles. The minimum absolute atomic E-state index is 0.0151. The lowest BCUT2D eigenvalue weighted by Crippen LogP contribution is -2.52. The van der Waals surface area contributed by atoms with Crippen molar-refractivity contribution in [2.75, 3.05) is 6.54 Å². The minimum atomic E-state index is 0.0151. The lowest BCUT2D eigenvalue weighted by Gasteiger charge is -2.39. The van der Waals surface area contributed by atoms with E-state index in [0.717, 1.165) is 25.0 Å². The topological polar surface area (TPSA) is 64.2 Å². The average Bonchev–Trinajstić information content (AvgIpc) is 2.68. The predicted octanol–water partition coefficient (Wildman–Crippen LogP) is 1.07. The molecule has 18 heavy (non-hydrogen) atoms. The summed E-state index contributed by atoms with van der Waals surface area (Å²) >= 11 is 0. The van der Waals surface area contributed by atoms with E-state index in [1.807, 2.05) is 24.9 Å². The first-order valence-electron chi connectivity index (χ1n) is 6.58. The third-order valence-electron chi connectivity index (χ3n) is 3.87. The Hall–Kier alpha value is -1.36. The molecule has 0 bridgehead atoms. The van der Waals surface area contributed by atoms with Crippen LogP contribution in [-0.2, 0) is 7.05 Å². The summed E-state index contributed by atoms with van der Waals surface area (Å²) in [5.41, 5.74) is 7.31. The van der Waals surface area contributed by atoms with Gasteiger partial charge in [-0.2, -0.15) is 5.10 Å². The standard InChI is InChI=1S/C13H22N4O/c1-9-5-4-6-11(8-14)17(9)13(18)12-7-10(2)16(3)15-12/h7,9,11H,4-6,8,14H2,1-3H3. The second-order valence-corrected chi connectivity index (χ2v) is 5.18. The molecule has 2 heterocycles. The van der Waals surface area contributed by atoms with Crippen molar-refractivity contribution in [1.29, 1.82) is 0 Å². The van der Waals surface area contributed by atoms with Crippen LogP contribution in [-0.4, -0.2) is 39.2 Å². The van der Waals surface area contributed by atoms with Crippen molar-refractivity contribution in [2.45, 2.75) is 45.2 Å². The highest BCUT2D eigenvalue weighted by molar-refractivity contribution is 5.93. The van der Waals surface area contributed by atoms with E-state index in [-0.39, 0.29) is 18.0 Å². The fourth-order valence-corrected chi connectivity index (χ4v) is 2.68. The first kappa shape index (κ1) is 13.1. The normalized spacial score (nSPS) is 24.3. The number of nitrogens with zero attached hydrogens (tertiary/aromatic N) is 3. The number of nitrogens with two attached hydrogens (primary N) is 1. The maximum absolute atomic E-state index is 12.5. The number of hydrogen-bond donors (Lipinski definition) is 1. The molecule has 0 radical (unpaired) electrons. The zero-order valence-electron chi connectivity index (χ0n) is 11.4. The molecule has 5 nitrogen and oxygen atoms in total. The summed E-state index contributed by atoms with van der Waals surface area (Å²) in [7, 11) is 1.85. The number of piperidine rings is 1.